The van der Waals surface area contributed by atoms with Gasteiger partial charge in [-0.1, -0.05) is 36.4 Å². The first-order valence-electron chi connectivity index (χ1n) is 12.6. The summed E-state index contributed by atoms with van der Waals surface area (Å²) < 4.78 is 82.6. The maximum absolute atomic E-state index is 12.6. The molecule has 4 aromatic carbocycles. The average Bonchev–Trinajstić information content (AvgIpc) is 2.99. The summed E-state index contributed by atoms with van der Waals surface area (Å²) in [6.07, 6.45) is 2.27. The fourth-order valence-electron chi connectivity index (χ4n) is 4.05. The van der Waals surface area contributed by atoms with Crippen LogP contribution in [0.4, 0.5) is 11.4 Å². The quantitative estimate of drug-likeness (QED) is 0.188. The van der Waals surface area contributed by atoms with Gasteiger partial charge in [-0.25, -0.2) is 16.8 Å². The maximum Gasteiger partial charge on any atom is 0.255 e. The molecule has 4 aromatic rings. The van der Waals surface area contributed by atoms with E-state index in [-0.39, 0.29) is 33.6 Å². The van der Waals surface area contributed by atoms with Crippen LogP contribution < -0.4 is 20.1 Å². The Morgan fingerprint density at radius 3 is 1.34 bits per heavy atom. The monoisotopic (exact) mass is 636 g/mol. The van der Waals surface area contributed by atoms with Crippen molar-refractivity contribution in [3.05, 3.63) is 107 Å². The molecule has 0 unspecified atom stereocenters. The highest BCUT2D eigenvalue weighted by atomic mass is 32.2. The van der Waals surface area contributed by atoms with Crippen LogP contribution in [0.25, 0.3) is 12.2 Å². The molecule has 0 heterocycles. The molecule has 0 saturated carbocycles. The van der Waals surface area contributed by atoms with E-state index in [2.05, 4.69) is 10.6 Å². The van der Waals surface area contributed by atoms with Crippen LogP contribution in [0, 0.1) is 0 Å². The van der Waals surface area contributed by atoms with Gasteiger partial charge >= 0.3 is 0 Å². The largest absolute Gasteiger partial charge is 0.744 e. The first-order valence-corrected chi connectivity index (χ1v) is 15.4. The third-order valence-electron chi connectivity index (χ3n) is 6.19. The third kappa shape index (κ3) is 7.87. The fourth-order valence-corrected chi connectivity index (χ4v) is 5.44. The van der Waals surface area contributed by atoms with E-state index in [1.165, 1.54) is 62.8 Å². The van der Waals surface area contributed by atoms with Crippen molar-refractivity contribution in [1.29, 1.82) is 0 Å². The smallest absolute Gasteiger partial charge is 0.255 e. The molecule has 0 radical (unpaired) electrons. The van der Waals surface area contributed by atoms with E-state index >= 15 is 0 Å². The Morgan fingerprint density at radius 1 is 0.614 bits per heavy atom. The van der Waals surface area contributed by atoms with E-state index < -0.39 is 41.8 Å². The number of rotatable bonds is 10. The molecule has 12 nitrogen and oxygen atoms in total. The van der Waals surface area contributed by atoms with Gasteiger partial charge < -0.3 is 29.2 Å². The molecule has 0 saturated heterocycles. The zero-order chi connectivity index (χ0) is 32.1. The molecule has 0 fully saturated rings. The van der Waals surface area contributed by atoms with E-state index in [0.717, 1.165) is 24.3 Å². The van der Waals surface area contributed by atoms with Crippen LogP contribution in [0.15, 0.2) is 94.7 Å². The molecule has 0 aliphatic rings. The van der Waals surface area contributed by atoms with Crippen molar-refractivity contribution in [3.8, 4) is 11.5 Å². The van der Waals surface area contributed by atoms with Crippen LogP contribution in [-0.2, 0) is 20.2 Å². The van der Waals surface area contributed by atoms with Crippen molar-refractivity contribution in [1.82, 2.24) is 0 Å². The fraction of sp³-hybridized carbons (Fsp3) is 0.0667. The molecule has 0 bridgehead atoms. The van der Waals surface area contributed by atoms with Gasteiger partial charge in [0, 0.05) is 22.5 Å². The molecule has 14 heteroatoms. The Bertz CT molecular complexity index is 1850. The molecule has 2 N–H and O–H groups in total. The molecule has 0 atom stereocenters. The first-order chi connectivity index (χ1) is 20.8. The lowest BCUT2D eigenvalue weighted by Crippen LogP contribution is -2.13. The summed E-state index contributed by atoms with van der Waals surface area (Å²) in [5, 5.41) is 5.02. The Kier molecular flexibility index (Phi) is 9.50. The van der Waals surface area contributed by atoms with Crippen LogP contribution in [0.2, 0.25) is 0 Å². The van der Waals surface area contributed by atoms with Crippen molar-refractivity contribution in [2.45, 2.75) is 9.79 Å². The van der Waals surface area contributed by atoms with E-state index in [1.807, 2.05) is 0 Å². The highest BCUT2D eigenvalue weighted by molar-refractivity contribution is 7.86. The first kappa shape index (κ1) is 31.9. The lowest BCUT2D eigenvalue weighted by atomic mass is 10.1. The number of nitrogens with one attached hydrogen (secondary N) is 2. The predicted molar refractivity (Wildman–Crippen MR) is 160 cm³/mol. The summed E-state index contributed by atoms with van der Waals surface area (Å²) >= 11 is 0. The van der Waals surface area contributed by atoms with Crippen molar-refractivity contribution < 1.29 is 45.0 Å². The molecular weight excluding hydrogens is 612 g/mol. The second-order valence-electron chi connectivity index (χ2n) is 9.12. The van der Waals surface area contributed by atoms with Gasteiger partial charge in [-0.3, -0.25) is 9.59 Å². The van der Waals surface area contributed by atoms with Gasteiger partial charge in [0.25, 0.3) is 11.8 Å². The van der Waals surface area contributed by atoms with Crippen molar-refractivity contribution in [2.24, 2.45) is 0 Å². The molecular formula is C30H24N2O10S2-2. The van der Waals surface area contributed by atoms with Gasteiger partial charge in [-0.05, 0) is 71.8 Å². The number of hydrogen-bond acceptors (Lipinski definition) is 10. The molecule has 0 spiro atoms. The highest BCUT2D eigenvalue weighted by Gasteiger charge is 2.15. The molecule has 4 rings (SSSR count). The predicted octanol–water partition coefficient (Wildman–Crippen LogP) is 4.19. The van der Waals surface area contributed by atoms with Crippen LogP contribution in [0.5, 0.6) is 11.5 Å². The minimum atomic E-state index is -5.07. The maximum atomic E-state index is 12.6. The minimum absolute atomic E-state index is 0.00310. The van der Waals surface area contributed by atoms with E-state index in [4.69, 9.17) is 9.47 Å². The van der Waals surface area contributed by atoms with Gasteiger partial charge in [-0.15, -0.1) is 0 Å². The minimum Gasteiger partial charge on any atom is -0.744 e. The van der Waals surface area contributed by atoms with Crippen LogP contribution in [-0.4, -0.2) is 52.0 Å². The third-order valence-corrected chi connectivity index (χ3v) is 7.97. The number of methoxy groups -OCH3 is 2. The number of amides is 2. The summed E-state index contributed by atoms with van der Waals surface area (Å²) in [5.74, 6) is -0.337. The Balaban J connectivity index is 1.63. The molecule has 228 valence electrons. The van der Waals surface area contributed by atoms with Gasteiger partial charge in [-0.2, -0.15) is 0 Å². The molecule has 2 amide bonds. The Hall–Kier alpha value is -5.02. The number of anilines is 2. The van der Waals surface area contributed by atoms with Gasteiger partial charge in [0.05, 0.1) is 24.0 Å². The summed E-state index contributed by atoms with van der Waals surface area (Å²) in [5.41, 5.74) is 0.170. The Labute approximate surface area is 253 Å². The Morgan fingerprint density at radius 2 is 1.00 bits per heavy atom. The second-order valence-corrected chi connectivity index (χ2v) is 11.8. The summed E-state index contributed by atoms with van der Waals surface area (Å²) in [4.78, 5) is 23.9. The summed E-state index contributed by atoms with van der Waals surface area (Å²) in [6.45, 7) is 0. The molecule has 0 aromatic heterocycles. The molecule has 44 heavy (non-hydrogen) atoms. The van der Waals surface area contributed by atoms with E-state index in [0.29, 0.717) is 11.5 Å². The standard InChI is InChI=1S/C30H26N2O10S2/c1-41-25-7-3-5-21(15-25)29(33)31-23-13-11-19(27(17-23)43(35,36)37)9-10-20-12-14-24(18-28(20)44(38,39)40)32-30(34)22-6-4-8-26(16-22)42-2/h3-18H,1-2H3,(H,31,33)(H,32,34)(H,35,36,37)(H,38,39,40)/p-2. The number of ether oxygens (including phenoxy) is 2. The topological polar surface area (TPSA) is 191 Å². The average molecular weight is 637 g/mol. The normalized spacial score (nSPS) is 11.6. The molecule has 0 aliphatic carbocycles. The van der Waals surface area contributed by atoms with E-state index in [1.54, 1.807) is 24.3 Å². The van der Waals surface area contributed by atoms with Crippen molar-refractivity contribution >= 4 is 55.6 Å². The lowest BCUT2D eigenvalue weighted by molar-refractivity contribution is 0.101. The van der Waals surface area contributed by atoms with Gasteiger partial charge in [0.1, 0.15) is 31.7 Å². The summed E-state index contributed by atoms with van der Waals surface area (Å²) in [7, 11) is -7.28. The van der Waals surface area contributed by atoms with Crippen LogP contribution >= 0.6 is 0 Å². The number of carbonyl (C=O) groups is 2. The summed E-state index contributed by atoms with van der Waals surface area (Å²) in [6, 6.07) is 19.5. The molecule has 0 aliphatic heterocycles. The van der Waals surface area contributed by atoms with Crippen LogP contribution in [0.3, 0.4) is 0 Å². The van der Waals surface area contributed by atoms with Crippen LogP contribution in [0.1, 0.15) is 31.8 Å². The number of hydrogen-bond donors (Lipinski definition) is 2. The van der Waals surface area contributed by atoms with E-state index in [9.17, 15) is 35.5 Å². The SMILES string of the molecule is COc1cccc(C(=O)Nc2ccc(C=Cc3ccc(NC(=O)c4cccc(OC)c4)cc3S(=O)(=O)[O-])c(S(=O)(=O)[O-])c2)c1. The van der Waals surface area contributed by atoms with Gasteiger partial charge in [0.2, 0.25) is 0 Å². The zero-order valence-corrected chi connectivity index (χ0v) is 24.8. The highest BCUT2D eigenvalue weighted by Crippen LogP contribution is 2.27. The van der Waals surface area contributed by atoms with Gasteiger partial charge in [0.15, 0.2) is 0 Å². The number of carbonyl (C=O) groups excluding carboxylic acids is 2. The zero-order valence-electron chi connectivity index (χ0n) is 23.1. The van der Waals surface area contributed by atoms with Crippen molar-refractivity contribution in [3.63, 3.8) is 0 Å². The second kappa shape index (κ2) is 13.1. The van der Waals surface area contributed by atoms with Crippen molar-refractivity contribution in [2.75, 3.05) is 24.9 Å². The number of benzene rings is 4. The lowest BCUT2D eigenvalue weighted by Gasteiger charge is -2.15.